The van der Waals surface area contributed by atoms with Crippen LogP contribution in [0.3, 0.4) is 0 Å². The monoisotopic (exact) mass is 285 g/mol. The van der Waals surface area contributed by atoms with Gasteiger partial charge in [0, 0.05) is 30.0 Å². The van der Waals surface area contributed by atoms with Gasteiger partial charge < -0.3 is 9.88 Å². The van der Waals surface area contributed by atoms with Crippen LogP contribution in [0, 0.1) is 5.92 Å². The van der Waals surface area contributed by atoms with Crippen molar-refractivity contribution in [2.75, 3.05) is 11.1 Å². The zero-order chi connectivity index (χ0) is 13.5. The topological polar surface area (TPSA) is 46.9 Å². The van der Waals surface area contributed by atoms with Gasteiger partial charge in [0.2, 0.25) is 5.91 Å². The molecule has 0 unspecified atom stereocenters. The predicted octanol–water partition coefficient (Wildman–Crippen LogP) is 3.00. The number of nitrogens with one attached hydrogen (secondary N) is 1. The Bertz CT molecular complexity index is 654. The normalized spacial score (nSPS) is 17.0. The molecule has 1 N–H and O–H groups in total. The van der Waals surface area contributed by atoms with Gasteiger partial charge in [-0.1, -0.05) is 30.0 Å². The third kappa shape index (κ3) is 2.12. The highest BCUT2D eigenvalue weighted by Crippen LogP contribution is 2.34. The molecule has 2 heterocycles. The van der Waals surface area contributed by atoms with Gasteiger partial charge in [0.25, 0.3) is 0 Å². The van der Waals surface area contributed by atoms with E-state index in [2.05, 4.69) is 21.1 Å². The van der Waals surface area contributed by atoms with Gasteiger partial charge in [-0.05, 0) is 18.9 Å². The predicted molar refractivity (Wildman–Crippen MR) is 79.7 cm³/mol. The molecule has 1 amide bonds. The van der Waals surface area contributed by atoms with E-state index in [0.717, 1.165) is 47.2 Å². The molecule has 0 bridgehead atoms. The summed E-state index contributed by atoms with van der Waals surface area (Å²) in [6.07, 6.45) is 4.12. The van der Waals surface area contributed by atoms with Crippen molar-refractivity contribution in [1.29, 1.82) is 0 Å². The first-order valence-corrected chi connectivity index (χ1v) is 7.90. The molecule has 1 aliphatic carbocycles. The van der Waals surface area contributed by atoms with E-state index >= 15 is 0 Å². The summed E-state index contributed by atoms with van der Waals surface area (Å²) in [5, 5.41) is 4.11. The molecular weight excluding hydrogens is 270 g/mol. The van der Waals surface area contributed by atoms with Crippen LogP contribution in [0.4, 0.5) is 5.69 Å². The van der Waals surface area contributed by atoms with Crippen molar-refractivity contribution in [2.24, 2.45) is 5.92 Å². The van der Waals surface area contributed by atoms with Crippen LogP contribution in [-0.2, 0) is 11.3 Å². The summed E-state index contributed by atoms with van der Waals surface area (Å²) < 4.78 is 2.18. The number of benzene rings is 1. The standard InChI is InChI=1S/C15H15N3OS/c19-14(10-5-6-10)16-12-4-2-1-3-11(12)13-9-18-7-8-20-15(18)17-13/h1-4,9-10H,5-8H2,(H,16,19). The van der Waals surface area contributed by atoms with Crippen molar-refractivity contribution < 1.29 is 4.79 Å². The molecular formula is C15H15N3OS. The Labute approximate surface area is 121 Å². The molecule has 1 saturated carbocycles. The fraction of sp³-hybridized carbons (Fsp3) is 0.333. The van der Waals surface area contributed by atoms with E-state index in [1.165, 1.54) is 0 Å². The number of hydrogen-bond acceptors (Lipinski definition) is 3. The number of para-hydroxylation sites is 1. The number of imidazole rings is 1. The number of anilines is 1. The number of carbonyl (C=O) groups excluding carboxylic acids is 1. The molecule has 1 fully saturated rings. The van der Waals surface area contributed by atoms with Crippen LogP contribution in [0.2, 0.25) is 0 Å². The van der Waals surface area contributed by atoms with E-state index in [1.54, 1.807) is 11.8 Å². The van der Waals surface area contributed by atoms with Crippen LogP contribution < -0.4 is 5.32 Å². The van der Waals surface area contributed by atoms with Crippen molar-refractivity contribution in [3.63, 3.8) is 0 Å². The Balaban J connectivity index is 1.67. The minimum atomic E-state index is 0.138. The number of amides is 1. The summed E-state index contributed by atoms with van der Waals surface area (Å²) in [6.45, 7) is 1.02. The minimum Gasteiger partial charge on any atom is -0.325 e. The maximum atomic E-state index is 12.0. The molecule has 20 heavy (non-hydrogen) atoms. The first kappa shape index (κ1) is 12.0. The van der Waals surface area contributed by atoms with Crippen molar-refractivity contribution in [2.45, 2.75) is 24.5 Å². The lowest BCUT2D eigenvalue weighted by molar-refractivity contribution is -0.117. The Kier molecular flexibility index (Phi) is 2.80. The van der Waals surface area contributed by atoms with Crippen molar-refractivity contribution in [3.05, 3.63) is 30.5 Å². The maximum absolute atomic E-state index is 12.0. The second-order valence-corrected chi connectivity index (χ2v) is 6.32. The van der Waals surface area contributed by atoms with E-state index in [9.17, 15) is 4.79 Å². The van der Waals surface area contributed by atoms with Gasteiger partial charge in [-0.15, -0.1) is 0 Å². The average molecular weight is 285 g/mol. The maximum Gasteiger partial charge on any atom is 0.227 e. The quantitative estimate of drug-likeness (QED) is 0.943. The average Bonchev–Trinajstić information content (AvgIpc) is 3.09. The number of aryl methyl sites for hydroxylation is 1. The number of aromatic nitrogens is 2. The van der Waals surface area contributed by atoms with Crippen LogP contribution in [0.15, 0.2) is 35.6 Å². The van der Waals surface area contributed by atoms with Crippen LogP contribution in [0.25, 0.3) is 11.3 Å². The molecule has 0 radical (unpaired) electrons. The Morgan fingerprint density at radius 2 is 2.20 bits per heavy atom. The van der Waals surface area contributed by atoms with E-state index in [4.69, 9.17) is 0 Å². The van der Waals surface area contributed by atoms with Gasteiger partial charge in [0.15, 0.2) is 5.16 Å². The first-order chi connectivity index (χ1) is 9.81. The molecule has 4 rings (SSSR count). The van der Waals surface area contributed by atoms with E-state index in [1.807, 2.05) is 24.3 Å². The summed E-state index contributed by atoms with van der Waals surface area (Å²) in [4.78, 5) is 16.6. The van der Waals surface area contributed by atoms with Gasteiger partial charge >= 0.3 is 0 Å². The van der Waals surface area contributed by atoms with E-state index < -0.39 is 0 Å². The van der Waals surface area contributed by atoms with Crippen LogP contribution in [-0.4, -0.2) is 21.2 Å². The largest absolute Gasteiger partial charge is 0.325 e. The third-order valence-electron chi connectivity index (χ3n) is 3.71. The van der Waals surface area contributed by atoms with Crippen LogP contribution >= 0.6 is 11.8 Å². The summed E-state index contributed by atoms with van der Waals surface area (Å²) in [7, 11) is 0. The van der Waals surface area contributed by atoms with Crippen LogP contribution in [0.5, 0.6) is 0 Å². The van der Waals surface area contributed by atoms with Gasteiger partial charge in [0.05, 0.1) is 11.4 Å². The lowest BCUT2D eigenvalue weighted by Crippen LogP contribution is -2.13. The van der Waals surface area contributed by atoms with Gasteiger partial charge in [-0.2, -0.15) is 0 Å². The molecule has 1 aromatic carbocycles. The highest BCUT2D eigenvalue weighted by molar-refractivity contribution is 7.99. The minimum absolute atomic E-state index is 0.138. The molecule has 0 saturated heterocycles. The van der Waals surface area contributed by atoms with Crippen LogP contribution in [0.1, 0.15) is 12.8 Å². The Hall–Kier alpha value is -1.75. The van der Waals surface area contributed by atoms with E-state index in [0.29, 0.717) is 0 Å². The number of nitrogens with zero attached hydrogens (tertiary/aromatic N) is 2. The highest BCUT2D eigenvalue weighted by Gasteiger charge is 2.30. The molecule has 2 aromatic rings. The fourth-order valence-electron chi connectivity index (χ4n) is 2.44. The summed E-state index contributed by atoms with van der Waals surface area (Å²) in [6, 6.07) is 7.91. The zero-order valence-electron chi connectivity index (χ0n) is 11.0. The number of fused-ring (bicyclic) bond motifs is 1. The number of hydrogen-bond donors (Lipinski definition) is 1. The lowest BCUT2D eigenvalue weighted by Gasteiger charge is -2.09. The smallest absolute Gasteiger partial charge is 0.227 e. The zero-order valence-corrected chi connectivity index (χ0v) is 11.8. The number of carbonyl (C=O) groups is 1. The highest BCUT2D eigenvalue weighted by atomic mass is 32.2. The van der Waals surface area contributed by atoms with Gasteiger partial charge in [-0.3, -0.25) is 4.79 Å². The third-order valence-corrected chi connectivity index (χ3v) is 4.68. The molecule has 2 aliphatic rings. The Morgan fingerprint density at radius 1 is 1.35 bits per heavy atom. The molecule has 1 aliphatic heterocycles. The molecule has 0 spiro atoms. The first-order valence-electron chi connectivity index (χ1n) is 6.91. The summed E-state index contributed by atoms with van der Waals surface area (Å²) in [5.41, 5.74) is 2.81. The van der Waals surface area contributed by atoms with Crippen molar-refractivity contribution >= 4 is 23.4 Å². The summed E-state index contributed by atoms with van der Waals surface area (Å²) in [5.74, 6) is 1.45. The molecule has 4 nitrogen and oxygen atoms in total. The molecule has 5 heteroatoms. The molecule has 102 valence electrons. The SMILES string of the molecule is O=C(Nc1ccccc1-c1cn2c(n1)SCC2)C1CC1. The van der Waals surface area contributed by atoms with Gasteiger partial charge in [-0.25, -0.2) is 4.98 Å². The molecule has 1 aromatic heterocycles. The second kappa shape index (κ2) is 4.66. The van der Waals surface area contributed by atoms with Crippen molar-refractivity contribution in [3.8, 4) is 11.3 Å². The second-order valence-electron chi connectivity index (χ2n) is 5.26. The van der Waals surface area contributed by atoms with Gasteiger partial charge in [0.1, 0.15) is 0 Å². The number of thioether (sulfide) groups is 1. The lowest BCUT2D eigenvalue weighted by atomic mass is 10.1. The summed E-state index contributed by atoms with van der Waals surface area (Å²) >= 11 is 1.78. The molecule has 0 atom stereocenters. The van der Waals surface area contributed by atoms with Crippen molar-refractivity contribution in [1.82, 2.24) is 9.55 Å². The Morgan fingerprint density at radius 3 is 3.00 bits per heavy atom. The fourth-order valence-corrected chi connectivity index (χ4v) is 3.38. The number of rotatable bonds is 3. The van der Waals surface area contributed by atoms with E-state index in [-0.39, 0.29) is 11.8 Å².